The van der Waals surface area contributed by atoms with Gasteiger partial charge >= 0.3 is 6.03 Å². The lowest BCUT2D eigenvalue weighted by molar-refractivity contribution is -0.0157. The van der Waals surface area contributed by atoms with Gasteiger partial charge in [-0.25, -0.2) is 19.2 Å². The molecule has 2 aliphatic heterocycles. The van der Waals surface area contributed by atoms with Gasteiger partial charge in [0.25, 0.3) is 5.91 Å². The smallest absolute Gasteiger partial charge is 0.320 e. The van der Waals surface area contributed by atoms with Gasteiger partial charge in [0.1, 0.15) is 6.07 Å². The Morgan fingerprint density at radius 1 is 1.15 bits per heavy atom. The molecule has 47 heavy (non-hydrogen) atoms. The first-order chi connectivity index (χ1) is 22.8. The first-order valence-corrected chi connectivity index (χ1v) is 15.5. The summed E-state index contributed by atoms with van der Waals surface area (Å²) in [6.45, 7) is 5.18. The van der Waals surface area contributed by atoms with E-state index in [0.717, 1.165) is 5.56 Å². The molecule has 3 amide bonds. The summed E-state index contributed by atoms with van der Waals surface area (Å²) in [5.41, 5.74) is 9.17. The molecule has 0 aliphatic carbocycles. The first kappa shape index (κ1) is 32.0. The van der Waals surface area contributed by atoms with Crippen LogP contribution in [0.15, 0.2) is 48.9 Å². The van der Waals surface area contributed by atoms with Crippen LogP contribution >= 0.6 is 11.6 Å². The van der Waals surface area contributed by atoms with E-state index in [9.17, 15) is 14.0 Å². The van der Waals surface area contributed by atoms with Crippen molar-refractivity contribution in [1.82, 2.24) is 29.1 Å². The number of morpholine rings is 1. The SMILES string of the molecule is Cc1cc(Nc2nccn3c(-c4ccc(OCC#N)c(F)c4Cl)cnc23)ccc1C(=O)N1CCN(C(=O)N2CCO[C@H](CN)C2)CC1. The van der Waals surface area contributed by atoms with Crippen LogP contribution in [-0.2, 0) is 4.74 Å². The largest absolute Gasteiger partial charge is 0.476 e. The Kier molecular flexibility index (Phi) is 9.39. The Balaban J connectivity index is 1.13. The molecule has 2 aliphatic rings. The average molecular weight is 662 g/mol. The molecular formula is C32H33ClFN9O4. The molecular weight excluding hydrogens is 629 g/mol. The molecule has 2 aromatic heterocycles. The summed E-state index contributed by atoms with van der Waals surface area (Å²) in [6, 6.07) is 10.2. The maximum Gasteiger partial charge on any atom is 0.320 e. The van der Waals surface area contributed by atoms with Crippen molar-refractivity contribution in [3.05, 3.63) is 70.9 Å². The van der Waals surface area contributed by atoms with Crippen LogP contribution in [0.2, 0.25) is 5.02 Å². The van der Waals surface area contributed by atoms with Crippen LogP contribution in [0.5, 0.6) is 5.75 Å². The highest BCUT2D eigenvalue weighted by Crippen LogP contribution is 2.36. The lowest BCUT2D eigenvalue weighted by Crippen LogP contribution is -2.57. The summed E-state index contributed by atoms with van der Waals surface area (Å²) in [5, 5.41) is 11.8. The van der Waals surface area contributed by atoms with Crippen LogP contribution in [0, 0.1) is 24.1 Å². The highest BCUT2D eigenvalue weighted by atomic mass is 35.5. The van der Waals surface area contributed by atoms with Gasteiger partial charge in [0.2, 0.25) is 0 Å². The number of nitrogens with two attached hydrogens (primary N) is 1. The molecule has 15 heteroatoms. The zero-order valence-electron chi connectivity index (χ0n) is 25.7. The van der Waals surface area contributed by atoms with Gasteiger partial charge in [-0.15, -0.1) is 0 Å². The van der Waals surface area contributed by atoms with Gasteiger partial charge in [-0.05, 0) is 42.8 Å². The zero-order valence-corrected chi connectivity index (χ0v) is 26.4. The van der Waals surface area contributed by atoms with Crippen molar-refractivity contribution >= 4 is 40.7 Å². The number of fused-ring (bicyclic) bond motifs is 1. The molecule has 3 N–H and O–H groups in total. The number of nitrogens with zero attached hydrogens (tertiary/aromatic N) is 7. The lowest BCUT2D eigenvalue weighted by atomic mass is 10.1. The van der Waals surface area contributed by atoms with Crippen molar-refractivity contribution in [2.75, 3.05) is 64.3 Å². The number of imidazole rings is 1. The van der Waals surface area contributed by atoms with Crippen LogP contribution in [0.3, 0.4) is 0 Å². The number of ether oxygens (including phenoxy) is 2. The number of carbonyl (C=O) groups excluding carboxylic acids is 2. The third-order valence-corrected chi connectivity index (χ3v) is 8.64. The first-order valence-electron chi connectivity index (χ1n) is 15.1. The van der Waals surface area contributed by atoms with E-state index >= 15 is 0 Å². The Hall–Kier alpha value is -4.97. The van der Waals surface area contributed by atoms with Crippen molar-refractivity contribution < 1.29 is 23.5 Å². The van der Waals surface area contributed by atoms with Crippen LogP contribution in [0.25, 0.3) is 16.9 Å². The second kappa shape index (κ2) is 13.8. The number of halogens is 2. The van der Waals surface area contributed by atoms with Crippen molar-refractivity contribution in [2.45, 2.75) is 13.0 Å². The van der Waals surface area contributed by atoms with Crippen LogP contribution in [-0.4, -0.2) is 106 Å². The molecule has 0 spiro atoms. The van der Waals surface area contributed by atoms with Crippen LogP contribution < -0.4 is 15.8 Å². The standard InChI is InChI=1S/C32H33ClFN9O4/c1-20-16-21(2-3-23(20)31(44)40-9-11-41(12-10-40)32(45)42-13-15-46-22(17-36)19-42)39-29-30-38-18-25(43(30)8-7-37-29)24-4-5-26(47-14-6-35)28(34)27(24)33/h2-5,7-8,16,18,22H,9-15,17,19,36H2,1H3,(H,37,39)/t22-/m1/s1. The maximum absolute atomic E-state index is 14.9. The minimum absolute atomic E-state index is 0.0477. The second-order valence-electron chi connectivity index (χ2n) is 11.2. The van der Waals surface area contributed by atoms with E-state index < -0.39 is 5.82 Å². The summed E-state index contributed by atoms with van der Waals surface area (Å²) in [6.07, 6.45) is 4.69. The van der Waals surface area contributed by atoms with Gasteiger partial charge in [0.15, 0.2) is 29.6 Å². The number of aromatic nitrogens is 3. The minimum Gasteiger partial charge on any atom is -0.476 e. The monoisotopic (exact) mass is 661 g/mol. The highest BCUT2D eigenvalue weighted by molar-refractivity contribution is 6.33. The van der Waals surface area contributed by atoms with Gasteiger partial charge in [0.05, 0.1) is 29.6 Å². The third kappa shape index (κ3) is 6.50. The van der Waals surface area contributed by atoms with Gasteiger partial charge in [0, 0.05) is 75.0 Å². The minimum atomic E-state index is -0.767. The molecule has 6 rings (SSSR count). The summed E-state index contributed by atoms with van der Waals surface area (Å²) in [5.74, 6) is -0.530. The fraction of sp³-hybridized carbons (Fsp3) is 0.344. The third-order valence-electron chi connectivity index (χ3n) is 8.27. The molecule has 0 saturated carbocycles. The predicted octanol–water partition coefficient (Wildman–Crippen LogP) is 3.68. The maximum atomic E-state index is 14.9. The number of nitriles is 1. The van der Waals surface area contributed by atoms with E-state index in [-0.39, 0.29) is 35.4 Å². The Labute approximate surface area is 275 Å². The number of hydrogen-bond donors (Lipinski definition) is 2. The Morgan fingerprint density at radius 3 is 2.68 bits per heavy atom. The fourth-order valence-corrected chi connectivity index (χ4v) is 6.04. The quantitative estimate of drug-likeness (QED) is 0.302. The summed E-state index contributed by atoms with van der Waals surface area (Å²) in [7, 11) is 0. The number of rotatable bonds is 7. The molecule has 4 aromatic rings. The summed E-state index contributed by atoms with van der Waals surface area (Å²) in [4.78, 5) is 40.8. The van der Waals surface area contributed by atoms with E-state index in [4.69, 9.17) is 32.1 Å². The molecule has 244 valence electrons. The van der Waals surface area contributed by atoms with Gasteiger partial charge in [-0.2, -0.15) is 5.26 Å². The molecule has 0 radical (unpaired) electrons. The number of aryl methyl sites for hydroxylation is 1. The molecule has 4 heterocycles. The number of hydrogen-bond acceptors (Lipinski definition) is 9. The zero-order chi connectivity index (χ0) is 33.1. The molecule has 2 fully saturated rings. The molecule has 0 bridgehead atoms. The number of nitrogens with one attached hydrogen (secondary N) is 1. The van der Waals surface area contributed by atoms with E-state index in [0.29, 0.717) is 86.4 Å². The van der Waals surface area contributed by atoms with Crippen molar-refractivity contribution in [1.29, 1.82) is 5.26 Å². The number of anilines is 2. The van der Waals surface area contributed by atoms with Crippen molar-refractivity contribution in [2.24, 2.45) is 5.73 Å². The van der Waals surface area contributed by atoms with Crippen molar-refractivity contribution in [3.63, 3.8) is 0 Å². The van der Waals surface area contributed by atoms with E-state index in [1.165, 1.54) is 6.07 Å². The van der Waals surface area contributed by atoms with Gasteiger partial charge in [-0.3, -0.25) is 9.20 Å². The summed E-state index contributed by atoms with van der Waals surface area (Å²) >= 11 is 6.35. The van der Waals surface area contributed by atoms with Crippen molar-refractivity contribution in [3.8, 4) is 23.1 Å². The Morgan fingerprint density at radius 2 is 1.94 bits per heavy atom. The normalized spacial score (nSPS) is 16.7. The second-order valence-corrected chi connectivity index (χ2v) is 11.6. The fourth-order valence-electron chi connectivity index (χ4n) is 5.78. The number of amides is 3. The van der Waals surface area contributed by atoms with E-state index in [1.807, 2.05) is 13.0 Å². The van der Waals surface area contributed by atoms with Crippen LogP contribution in [0.4, 0.5) is 20.7 Å². The lowest BCUT2D eigenvalue weighted by Gasteiger charge is -2.40. The molecule has 13 nitrogen and oxygen atoms in total. The molecule has 2 saturated heterocycles. The highest BCUT2D eigenvalue weighted by Gasteiger charge is 2.31. The van der Waals surface area contributed by atoms with Gasteiger partial charge in [-0.1, -0.05) is 11.6 Å². The van der Waals surface area contributed by atoms with E-state index in [1.54, 1.807) is 62.0 Å². The molecule has 0 unspecified atom stereocenters. The number of urea groups is 1. The topological polar surface area (TPSA) is 154 Å². The average Bonchev–Trinajstić information content (AvgIpc) is 3.53. The number of benzene rings is 2. The molecule has 1 atom stereocenters. The predicted molar refractivity (Wildman–Crippen MR) is 172 cm³/mol. The Bertz CT molecular complexity index is 1850. The number of carbonyl (C=O) groups is 2. The van der Waals surface area contributed by atoms with E-state index in [2.05, 4.69) is 15.3 Å². The summed E-state index contributed by atoms with van der Waals surface area (Å²) < 4.78 is 27.3. The van der Waals surface area contributed by atoms with Crippen LogP contribution in [0.1, 0.15) is 15.9 Å². The number of piperazine rings is 1. The molecule has 2 aromatic carbocycles. The van der Waals surface area contributed by atoms with Gasteiger partial charge < -0.3 is 35.2 Å².